The lowest BCUT2D eigenvalue weighted by Crippen LogP contribution is -2.37. The van der Waals surface area contributed by atoms with Crippen LogP contribution in [0.1, 0.15) is 13.3 Å². The maximum absolute atomic E-state index is 3.30. The van der Waals surface area contributed by atoms with E-state index < -0.39 is 0 Å². The third-order valence-corrected chi connectivity index (χ3v) is 1.45. The lowest BCUT2D eigenvalue weighted by Gasteiger charge is -2.13. The van der Waals surface area contributed by atoms with Gasteiger partial charge in [-0.15, -0.1) is 0 Å². The molecule has 1 aliphatic rings. The number of hydrogen-bond acceptors (Lipinski definition) is 3. The highest BCUT2D eigenvalue weighted by Crippen LogP contribution is 1.85. The number of nitrogens with one attached hydrogen (secondary N) is 2. The maximum atomic E-state index is 3.30. The molecule has 0 saturated carbocycles. The Hall–Kier alpha value is -0.120. The first-order valence-electron chi connectivity index (χ1n) is 3.62. The number of hydrogen-bond donors (Lipinski definition) is 2. The monoisotopic (exact) mass is 129 g/mol. The SMILES string of the molecule is CCCNN1CCNC1. The van der Waals surface area contributed by atoms with E-state index in [1.165, 1.54) is 6.42 Å². The minimum absolute atomic E-state index is 1.00. The Kier molecular flexibility index (Phi) is 2.97. The molecule has 2 N–H and O–H groups in total. The van der Waals surface area contributed by atoms with Gasteiger partial charge in [0.15, 0.2) is 0 Å². The van der Waals surface area contributed by atoms with Crippen LogP contribution in [0.3, 0.4) is 0 Å². The topological polar surface area (TPSA) is 27.3 Å². The van der Waals surface area contributed by atoms with Crippen molar-refractivity contribution in [3.63, 3.8) is 0 Å². The average Bonchev–Trinajstić information content (AvgIpc) is 2.34. The molecule has 0 radical (unpaired) electrons. The Balaban J connectivity index is 1.98. The van der Waals surface area contributed by atoms with Crippen LogP contribution in [0.5, 0.6) is 0 Å². The zero-order valence-electron chi connectivity index (χ0n) is 5.98. The Bertz CT molecular complexity index is 68.7. The van der Waals surface area contributed by atoms with E-state index in [2.05, 4.69) is 22.7 Å². The van der Waals surface area contributed by atoms with E-state index in [0.717, 1.165) is 26.3 Å². The Morgan fingerprint density at radius 2 is 2.56 bits per heavy atom. The molecule has 54 valence electrons. The van der Waals surface area contributed by atoms with Gasteiger partial charge < -0.3 is 5.32 Å². The van der Waals surface area contributed by atoms with Crippen LogP contribution < -0.4 is 10.7 Å². The molecular weight excluding hydrogens is 114 g/mol. The maximum Gasteiger partial charge on any atom is 0.0621 e. The molecule has 1 rings (SSSR count). The van der Waals surface area contributed by atoms with Gasteiger partial charge in [-0.25, -0.2) is 5.01 Å². The molecule has 1 fully saturated rings. The lowest BCUT2D eigenvalue weighted by molar-refractivity contribution is 0.234. The van der Waals surface area contributed by atoms with Gasteiger partial charge in [-0.2, -0.15) is 0 Å². The Morgan fingerprint density at radius 3 is 3.11 bits per heavy atom. The van der Waals surface area contributed by atoms with Crippen LogP contribution >= 0.6 is 0 Å². The van der Waals surface area contributed by atoms with Crippen molar-refractivity contribution >= 4 is 0 Å². The highest BCUT2D eigenvalue weighted by atomic mass is 15.6. The van der Waals surface area contributed by atoms with Crippen molar-refractivity contribution in [1.82, 2.24) is 15.8 Å². The summed E-state index contributed by atoms with van der Waals surface area (Å²) in [5, 5.41) is 5.46. The van der Waals surface area contributed by atoms with Crippen LogP contribution in [0, 0.1) is 0 Å². The van der Waals surface area contributed by atoms with Gasteiger partial charge in [0.2, 0.25) is 0 Å². The van der Waals surface area contributed by atoms with Crippen molar-refractivity contribution < 1.29 is 0 Å². The average molecular weight is 129 g/mol. The van der Waals surface area contributed by atoms with Crippen LogP contribution in [0.2, 0.25) is 0 Å². The van der Waals surface area contributed by atoms with Crippen molar-refractivity contribution in [2.24, 2.45) is 0 Å². The van der Waals surface area contributed by atoms with E-state index in [1.54, 1.807) is 0 Å². The minimum atomic E-state index is 1.00. The van der Waals surface area contributed by atoms with Gasteiger partial charge in [-0.3, -0.25) is 5.43 Å². The lowest BCUT2D eigenvalue weighted by atomic mass is 10.5. The number of hydrazine groups is 1. The van der Waals surface area contributed by atoms with Crippen LogP contribution in [0.4, 0.5) is 0 Å². The van der Waals surface area contributed by atoms with Gasteiger partial charge in [-0.05, 0) is 6.42 Å². The molecule has 0 spiro atoms. The highest BCUT2D eigenvalue weighted by Gasteiger charge is 2.07. The van der Waals surface area contributed by atoms with Gasteiger partial charge >= 0.3 is 0 Å². The number of nitrogens with zero attached hydrogens (tertiary/aromatic N) is 1. The Morgan fingerprint density at radius 1 is 1.67 bits per heavy atom. The molecule has 1 aliphatic heterocycles. The summed E-state index contributed by atoms with van der Waals surface area (Å²) < 4.78 is 0. The minimum Gasteiger partial charge on any atom is -0.302 e. The summed E-state index contributed by atoms with van der Waals surface area (Å²) in [6, 6.07) is 0. The van der Waals surface area contributed by atoms with Crippen molar-refractivity contribution in [1.29, 1.82) is 0 Å². The second-order valence-electron chi connectivity index (χ2n) is 2.33. The van der Waals surface area contributed by atoms with Crippen molar-refractivity contribution in [3.05, 3.63) is 0 Å². The molecule has 3 nitrogen and oxygen atoms in total. The largest absolute Gasteiger partial charge is 0.302 e. The molecule has 9 heavy (non-hydrogen) atoms. The van der Waals surface area contributed by atoms with E-state index >= 15 is 0 Å². The van der Waals surface area contributed by atoms with Crippen LogP contribution in [0.25, 0.3) is 0 Å². The highest BCUT2D eigenvalue weighted by molar-refractivity contribution is 4.60. The first-order valence-corrected chi connectivity index (χ1v) is 3.62. The fourth-order valence-electron chi connectivity index (χ4n) is 0.912. The quantitative estimate of drug-likeness (QED) is 0.551. The molecular formula is C6H15N3. The molecule has 0 aromatic carbocycles. The van der Waals surface area contributed by atoms with E-state index in [-0.39, 0.29) is 0 Å². The predicted octanol–water partition coefficient (Wildman–Crippen LogP) is -0.236. The number of rotatable bonds is 3. The summed E-state index contributed by atoms with van der Waals surface area (Å²) in [6.45, 7) is 6.54. The van der Waals surface area contributed by atoms with E-state index in [0.29, 0.717) is 0 Å². The summed E-state index contributed by atoms with van der Waals surface area (Å²) >= 11 is 0. The molecule has 0 amide bonds. The van der Waals surface area contributed by atoms with Gasteiger partial charge in [0.1, 0.15) is 0 Å². The summed E-state index contributed by atoms with van der Waals surface area (Å²) in [7, 11) is 0. The zero-order chi connectivity index (χ0) is 6.53. The van der Waals surface area contributed by atoms with Crippen molar-refractivity contribution in [2.45, 2.75) is 13.3 Å². The summed E-state index contributed by atoms with van der Waals surface area (Å²) in [5.74, 6) is 0. The second-order valence-corrected chi connectivity index (χ2v) is 2.33. The standard InChI is InChI=1S/C6H15N3/c1-2-3-8-9-5-4-7-6-9/h7-8H,2-6H2,1H3. The fourth-order valence-corrected chi connectivity index (χ4v) is 0.912. The van der Waals surface area contributed by atoms with Crippen LogP contribution in [-0.2, 0) is 0 Å². The first-order chi connectivity index (χ1) is 4.43. The smallest absolute Gasteiger partial charge is 0.0621 e. The molecule has 0 aromatic rings. The van der Waals surface area contributed by atoms with Crippen molar-refractivity contribution in [3.8, 4) is 0 Å². The van der Waals surface area contributed by atoms with Crippen LogP contribution in [-0.4, -0.2) is 31.3 Å². The first kappa shape index (κ1) is 6.99. The molecule has 0 aromatic heterocycles. The molecule has 3 heteroatoms. The van der Waals surface area contributed by atoms with Gasteiger partial charge in [-0.1, -0.05) is 6.92 Å². The van der Waals surface area contributed by atoms with Gasteiger partial charge in [0.25, 0.3) is 0 Å². The summed E-state index contributed by atoms with van der Waals surface area (Å²) in [5.41, 5.74) is 3.30. The summed E-state index contributed by atoms with van der Waals surface area (Å²) in [6.07, 6.45) is 1.20. The third-order valence-electron chi connectivity index (χ3n) is 1.45. The third kappa shape index (κ3) is 2.30. The summed E-state index contributed by atoms with van der Waals surface area (Å²) in [4.78, 5) is 0. The normalized spacial score (nSPS) is 21.0. The van der Waals surface area contributed by atoms with E-state index in [9.17, 15) is 0 Å². The van der Waals surface area contributed by atoms with Crippen LogP contribution in [0.15, 0.2) is 0 Å². The molecule has 1 heterocycles. The fraction of sp³-hybridized carbons (Fsp3) is 1.00. The van der Waals surface area contributed by atoms with Gasteiger partial charge in [0.05, 0.1) is 6.67 Å². The molecule has 1 saturated heterocycles. The predicted molar refractivity (Wildman–Crippen MR) is 37.9 cm³/mol. The van der Waals surface area contributed by atoms with E-state index in [4.69, 9.17) is 0 Å². The second kappa shape index (κ2) is 3.82. The molecule has 0 atom stereocenters. The molecule has 0 bridgehead atoms. The zero-order valence-corrected chi connectivity index (χ0v) is 5.98. The molecule has 0 aliphatic carbocycles. The Labute approximate surface area is 56.4 Å². The van der Waals surface area contributed by atoms with E-state index in [1.807, 2.05) is 0 Å². The molecule has 0 unspecified atom stereocenters. The van der Waals surface area contributed by atoms with Crippen molar-refractivity contribution in [2.75, 3.05) is 26.3 Å². The van der Waals surface area contributed by atoms with Gasteiger partial charge in [0, 0.05) is 19.6 Å².